The minimum absolute atomic E-state index is 0.0224. The van der Waals surface area contributed by atoms with Crippen LogP contribution < -0.4 is 10.0 Å². The van der Waals surface area contributed by atoms with Gasteiger partial charge in [-0.3, -0.25) is 10.0 Å². The van der Waals surface area contributed by atoms with Crippen LogP contribution >= 0.6 is 0 Å². The van der Waals surface area contributed by atoms with Crippen LogP contribution in [-0.4, -0.2) is 34.5 Å². The number of epoxide rings is 1. The van der Waals surface area contributed by atoms with E-state index < -0.39 is 5.91 Å². The molecule has 3 unspecified atom stereocenters. The van der Waals surface area contributed by atoms with E-state index in [2.05, 4.69) is 33.0 Å². The molecule has 24 heavy (non-hydrogen) atoms. The van der Waals surface area contributed by atoms with Crippen LogP contribution in [0.5, 0.6) is 5.75 Å². The molecule has 5 atom stereocenters. The molecule has 0 spiro atoms. The Kier molecular flexibility index (Phi) is 3.98. The van der Waals surface area contributed by atoms with Crippen molar-refractivity contribution < 1.29 is 24.6 Å². The average molecular weight is 335 g/mol. The van der Waals surface area contributed by atoms with Crippen molar-refractivity contribution in [3.05, 3.63) is 23.5 Å². The molecular weight excluding hydrogens is 308 g/mol. The van der Waals surface area contributed by atoms with Gasteiger partial charge in [-0.1, -0.05) is 27.7 Å². The molecule has 3 rings (SSSR count). The quantitative estimate of drug-likeness (QED) is 0.437. The van der Waals surface area contributed by atoms with Crippen LogP contribution in [0.25, 0.3) is 0 Å². The Morgan fingerprint density at radius 2 is 2.04 bits per heavy atom. The van der Waals surface area contributed by atoms with Crippen molar-refractivity contribution in [2.75, 3.05) is 0 Å². The second-order valence-corrected chi connectivity index (χ2v) is 8.05. The molecule has 1 saturated heterocycles. The third-order valence-electron chi connectivity index (χ3n) is 5.85. The van der Waals surface area contributed by atoms with Crippen LogP contribution in [0.4, 0.5) is 0 Å². The Bertz CT molecular complexity index is 673. The molecule has 1 amide bonds. The van der Waals surface area contributed by atoms with Crippen molar-refractivity contribution in [3.8, 4) is 5.75 Å². The predicted octanol–water partition coefficient (Wildman–Crippen LogP) is 1.79. The summed E-state index contributed by atoms with van der Waals surface area (Å²) in [6.07, 6.45) is 2.65. The van der Waals surface area contributed by atoms with Crippen LogP contribution in [-0.2, 0) is 4.74 Å². The third-order valence-corrected chi connectivity index (χ3v) is 5.85. The van der Waals surface area contributed by atoms with Crippen molar-refractivity contribution in [1.29, 1.82) is 0 Å². The van der Waals surface area contributed by atoms with Gasteiger partial charge in [0.05, 0.1) is 12.2 Å². The van der Waals surface area contributed by atoms with E-state index in [1.54, 1.807) is 13.0 Å². The van der Waals surface area contributed by atoms with Gasteiger partial charge in [0.1, 0.15) is 0 Å². The highest BCUT2D eigenvalue weighted by Gasteiger charge is 2.57. The number of rotatable bonds is 2. The largest absolute Gasteiger partial charge is 0.502 e. The molecule has 1 aromatic rings. The van der Waals surface area contributed by atoms with Gasteiger partial charge in [-0.2, -0.15) is 0 Å². The Morgan fingerprint density at radius 1 is 1.38 bits per heavy atom. The van der Waals surface area contributed by atoms with Gasteiger partial charge in [0.15, 0.2) is 0 Å². The van der Waals surface area contributed by atoms with Crippen LogP contribution in [0.2, 0.25) is 0 Å². The lowest BCUT2D eigenvalue weighted by molar-refractivity contribution is -0.906. The number of aromatic nitrogens is 1. The third kappa shape index (κ3) is 2.73. The lowest BCUT2D eigenvalue weighted by atomic mass is 9.81. The summed E-state index contributed by atoms with van der Waals surface area (Å²) >= 11 is 0. The minimum atomic E-state index is -0.463. The first kappa shape index (κ1) is 17.0. The van der Waals surface area contributed by atoms with E-state index in [1.807, 2.05) is 0 Å². The maximum absolute atomic E-state index is 12.7. The topological polar surface area (TPSA) is 86.0 Å². The summed E-state index contributed by atoms with van der Waals surface area (Å²) in [7, 11) is 0. The number of aryl methyl sites for hydroxylation is 1. The number of hydrogen-bond donors (Lipinski definition) is 3. The maximum atomic E-state index is 12.7. The molecule has 3 N–H and O–H groups in total. The van der Waals surface area contributed by atoms with Crippen LogP contribution in [0, 0.1) is 24.2 Å². The number of nitrogens with one attached hydrogen (secondary N) is 1. The van der Waals surface area contributed by atoms with Crippen molar-refractivity contribution in [2.45, 2.75) is 59.3 Å². The number of nitrogens with zero attached hydrogens (tertiary/aromatic N) is 1. The highest BCUT2D eigenvalue weighted by atomic mass is 16.6. The second-order valence-electron chi connectivity index (χ2n) is 8.05. The minimum Gasteiger partial charge on any atom is -0.502 e. The molecule has 1 saturated carbocycles. The van der Waals surface area contributed by atoms with Crippen molar-refractivity contribution in [2.24, 2.45) is 17.3 Å². The van der Waals surface area contributed by atoms with Gasteiger partial charge in [0, 0.05) is 22.4 Å². The van der Waals surface area contributed by atoms with Crippen LogP contribution in [0.1, 0.15) is 50.2 Å². The first-order valence-electron chi connectivity index (χ1n) is 8.53. The smallest absolute Gasteiger partial charge is 0.362 e. The van der Waals surface area contributed by atoms with Gasteiger partial charge in [-0.05, 0) is 30.6 Å². The lowest BCUT2D eigenvalue weighted by Gasteiger charge is -2.31. The molecule has 1 aliphatic heterocycles. The molecule has 0 aromatic carbocycles. The number of hydrogen-bond acceptors (Lipinski definition) is 4. The fourth-order valence-electron chi connectivity index (χ4n) is 3.95. The molecule has 0 radical (unpaired) electrons. The zero-order valence-corrected chi connectivity index (χ0v) is 14.9. The number of pyridine rings is 1. The fourth-order valence-corrected chi connectivity index (χ4v) is 3.95. The van der Waals surface area contributed by atoms with Gasteiger partial charge >= 0.3 is 11.6 Å². The van der Waals surface area contributed by atoms with Gasteiger partial charge in [0.2, 0.25) is 11.9 Å². The summed E-state index contributed by atoms with van der Waals surface area (Å²) in [6, 6.07) is 1.51. The monoisotopic (exact) mass is 335 g/mol. The number of ether oxygens (including phenoxy) is 1. The Hall–Kier alpha value is -1.82. The molecule has 2 heterocycles. The maximum Gasteiger partial charge on any atom is 0.362 e. The van der Waals surface area contributed by atoms with Gasteiger partial charge in [0.25, 0.3) is 0 Å². The Balaban J connectivity index is 1.85. The van der Waals surface area contributed by atoms with Crippen molar-refractivity contribution in [1.82, 2.24) is 5.32 Å². The average Bonchev–Trinajstić information content (AvgIpc) is 3.30. The summed E-state index contributed by atoms with van der Waals surface area (Å²) in [4.78, 5) is 12.7. The zero-order chi connectivity index (χ0) is 17.8. The summed E-state index contributed by atoms with van der Waals surface area (Å²) in [5.74, 6) is -0.0773. The fraction of sp³-hybridized carbons (Fsp3) is 0.667. The van der Waals surface area contributed by atoms with E-state index in [1.165, 1.54) is 6.20 Å². The normalized spacial score (nSPS) is 34.1. The molecule has 132 valence electrons. The number of fused-ring (bicyclic) bond motifs is 1. The number of carbonyl (C=O) groups excluding carboxylic acids is 1. The zero-order valence-electron chi connectivity index (χ0n) is 14.9. The highest BCUT2D eigenvalue weighted by molar-refractivity contribution is 5.93. The van der Waals surface area contributed by atoms with E-state index in [9.17, 15) is 15.1 Å². The highest BCUT2D eigenvalue weighted by Crippen LogP contribution is 2.50. The summed E-state index contributed by atoms with van der Waals surface area (Å²) in [5, 5.41) is 23.1. The number of amides is 1. The van der Waals surface area contributed by atoms with E-state index in [0.717, 1.165) is 6.42 Å². The SMILES string of the molecule is Cc1cc[n+](O)c(C(=O)NC2CC(C)(C)C3OC3[C@H](C)[C@H]2C)c1O. The molecule has 6 heteroatoms. The van der Waals surface area contributed by atoms with E-state index >= 15 is 0 Å². The Morgan fingerprint density at radius 3 is 2.71 bits per heavy atom. The molecule has 1 aliphatic carbocycles. The summed E-state index contributed by atoms with van der Waals surface area (Å²) in [6.45, 7) is 10.3. The second kappa shape index (κ2) is 5.62. The Labute approximate surface area is 142 Å². The molecule has 2 aliphatic rings. The van der Waals surface area contributed by atoms with Gasteiger partial charge in [-0.15, -0.1) is 0 Å². The summed E-state index contributed by atoms with van der Waals surface area (Å²) < 4.78 is 6.53. The number of aromatic hydroxyl groups is 1. The molecule has 6 nitrogen and oxygen atoms in total. The first-order chi connectivity index (χ1) is 11.1. The molecular formula is C18H27N2O4+. The molecule has 1 aromatic heterocycles. The molecule has 0 bridgehead atoms. The lowest BCUT2D eigenvalue weighted by Crippen LogP contribution is -2.48. The standard InChI is InChI=1S/C18H26N2O4/c1-9-6-7-20(23)13(14(9)21)17(22)19-12-8-18(4,5)16-15(24-16)11(3)10(12)2/h6-7,10-12,15-16H,8H2,1-5H3,(H2-,19,21,22,23)/p+1/t10-,11-,12?,15?,16?/m1/s1. The summed E-state index contributed by atoms with van der Waals surface area (Å²) in [5.41, 5.74) is 0.395. The predicted molar refractivity (Wildman–Crippen MR) is 86.9 cm³/mol. The van der Waals surface area contributed by atoms with E-state index in [0.29, 0.717) is 16.2 Å². The number of carbonyl (C=O) groups is 1. The van der Waals surface area contributed by atoms with Crippen molar-refractivity contribution >= 4 is 5.91 Å². The van der Waals surface area contributed by atoms with E-state index in [-0.39, 0.29) is 41.0 Å². The van der Waals surface area contributed by atoms with E-state index in [4.69, 9.17) is 4.74 Å². The van der Waals surface area contributed by atoms with Crippen molar-refractivity contribution in [3.63, 3.8) is 0 Å². The first-order valence-corrected chi connectivity index (χ1v) is 8.53. The van der Waals surface area contributed by atoms with Gasteiger partial charge < -0.3 is 15.2 Å². The van der Waals surface area contributed by atoms with Crippen LogP contribution in [0.3, 0.4) is 0 Å². The molecule has 2 fully saturated rings. The van der Waals surface area contributed by atoms with Crippen LogP contribution in [0.15, 0.2) is 12.3 Å². The van der Waals surface area contributed by atoms with Gasteiger partial charge in [-0.25, -0.2) is 0 Å².